The van der Waals surface area contributed by atoms with Crippen molar-refractivity contribution in [1.29, 1.82) is 0 Å². The van der Waals surface area contributed by atoms with E-state index in [1.54, 1.807) is 24.3 Å². The third kappa shape index (κ3) is 5.87. The van der Waals surface area contributed by atoms with Crippen molar-refractivity contribution in [2.24, 2.45) is 0 Å². The summed E-state index contributed by atoms with van der Waals surface area (Å²) in [6.45, 7) is 5.44. The Bertz CT molecular complexity index is 1030. The van der Waals surface area contributed by atoms with Crippen molar-refractivity contribution in [3.63, 3.8) is 0 Å². The van der Waals surface area contributed by atoms with E-state index in [1.807, 2.05) is 26.0 Å². The molecule has 0 bridgehead atoms. The van der Waals surface area contributed by atoms with Crippen molar-refractivity contribution in [3.8, 4) is 11.6 Å². The number of rotatable bonds is 6. The standard InChI is InChI=1S/C22H22N4O3/c1-14-4-5-17(15(2)10-14)11-21(28)26-18-6-8-19(9-7-18)29-22-12-20(23-13-24-22)25-16(3)27/h4-10,12-13H,11H2,1-3H3,(H,26,28)(H,23,24,25,27). The summed E-state index contributed by atoms with van der Waals surface area (Å²) >= 11 is 0. The summed E-state index contributed by atoms with van der Waals surface area (Å²) in [5.74, 6) is 0.898. The van der Waals surface area contributed by atoms with Gasteiger partial charge in [0.25, 0.3) is 0 Å². The van der Waals surface area contributed by atoms with Gasteiger partial charge in [0, 0.05) is 18.7 Å². The van der Waals surface area contributed by atoms with Crippen LogP contribution >= 0.6 is 0 Å². The fourth-order valence-corrected chi connectivity index (χ4v) is 2.79. The normalized spacial score (nSPS) is 10.3. The van der Waals surface area contributed by atoms with E-state index in [4.69, 9.17) is 4.74 Å². The number of carbonyl (C=O) groups excluding carboxylic acids is 2. The smallest absolute Gasteiger partial charge is 0.228 e. The molecule has 148 valence electrons. The summed E-state index contributed by atoms with van der Waals surface area (Å²) in [6, 6.07) is 14.6. The Morgan fingerprint density at radius 2 is 1.72 bits per heavy atom. The van der Waals surface area contributed by atoms with E-state index in [-0.39, 0.29) is 11.8 Å². The number of ether oxygens (including phenoxy) is 1. The lowest BCUT2D eigenvalue weighted by Gasteiger charge is -2.10. The SMILES string of the molecule is CC(=O)Nc1cc(Oc2ccc(NC(=O)Cc3ccc(C)cc3C)cc2)ncn1. The molecule has 2 aromatic carbocycles. The molecule has 3 rings (SSSR count). The minimum absolute atomic E-state index is 0.0821. The number of hydrogen-bond donors (Lipinski definition) is 2. The topological polar surface area (TPSA) is 93.2 Å². The minimum Gasteiger partial charge on any atom is -0.439 e. The zero-order chi connectivity index (χ0) is 20.8. The number of aryl methyl sites for hydroxylation is 2. The predicted molar refractivity (Wildman–Crippen MR) is 111 cm³/mol. The molecule has 0 unspecified atom stereocenters. The van der Waals surface area contributed by atoms with Crippen LogP contribution < -0.4 is 15.4 Å². The second-order valence-corrected chi connectivity index (χ2v) is 6.70. The van der Waals surface area contributed by atoms with Gasteiger partial charge in [-0.3, -0.25) is 9.59 Å². The Morgan fingerprint density at radius 1 is 0.966 bits per heavy atom. The zero-order valence-electron chi connectivity index (χ0n) is 16.5. The lowest BCUT2D eigenvalue weighted by Crippen LogP contribution is -2.15. The van der Waals surface area contributed by atoms with Crippen molar-refractivity contribution >= 4 is 23.3 Å². The van der Waals surface area contributed by atoms with Crippen LogP contribution in [-0.2, 0) is 16.0 Å². The summed E-state index contributed by atoms with van der Waals surface area (Å²) in [7, 11) is 0. The van der Waals surface area contributed by atoms with Gasteiger partial charge in [0.15, 0.2) is 0 Å². The van der Waals surface area contributed by atoms with Gasteiger partial charge in [0.1, 0.15) is 17.9 Å². The molecule has 0 aliphatic rings. The van der Waals surface area contributed by atoms with E-state index in [0.29, 0.717) is 29.6 Å². The molecule has 0 aliphatic heterocycles. The first-order chi connectivity index (χ1) is 13.9. The van der Waals surface area contributed by atoms with Gasteiger partial charge in [-0.05, 0) is 49.2 Å². The van der Waals surface area contributed by atoms with Crippen LogP contribution in [0, 0.1) is 13.8 Å². The average Bonchev–Trinajstić information content (AvgIpc) is 2.65. The van der Waals surface area contributed by atoms with Crippen LogP contribution in [0.3, 0.4) is 0 Å². The first-order valence-electron chi connectivity index (χ1n) is 9.12. The van der Waals surface area contributed by atoms with E-state index in [9.17, 15) is 9.59 Å². The number of anilines is 2. The van der Waals surface area contributed by atoms with Crippen molar-refractivity contribution in [1.82, 2.24) is 9.97 Å². The van der Waals surface area contributed by atoms with Crippen LogP contribution in [0.2, 0.25) is 0 Å². The first kappa shape index (κ1) is 20.0. The molecule has 0 aliphatic carbocycles. The molecule has 0 saturated heterocycles. The Balaban J connectivity index is 1.60. The van der Waals surface area contributed by atoms with Gasteiger partial charge in [0.05, 0.1) is 6.42 Å². The molecule has 1 heterocycles. The van der Waals surface area contributed by atoms with Crippen LogP contribution in [0.1, 0.15) is 23.6 Å². The number of amides is 2. The van der Waals surface area contributed by atoms with Gasteiger partial charge in [-0.1, -0.05) is 23.8 Å². The van der Waals surface area contributed by atoms with Crippen molar-refractivity contribution < 1.29 is 14.3 Å². The van der Waals surface area contributed by atoms with Gasteiger partial charge in [-0.2, -0.15) is 0 Å². The highest BCUT2D eigenvalue weighted by Gasteiger charge is 2.08. The number of aromatic nitrogens is 2. The Labute approximate surface area is 169 Å². The van der Waals surface area contributed by atoms with Gasteiger partial charge in [0.2, 0.25) is 17.7 Å². The van der Waals surface area contributed by atoms with Crippen LogP contribution in [0.5, 0.6) is 11.6 Å². The van der Waals surface area contributed by atoms with Gasteiger partial charge >= 0.3 is 0 Å². The molecular formula is C22H22N4O3. The van der Waals surface area contributed by atoms with E-state index in [1.165, 1.54) is 24.9 Å². The molecule has 0 atom stereocenters. The molecule has 1 aromatic heterocycles. The summed E-state index contributed by atoms with van der Waals surface area (Å²) in [4.78, 5) is 31.4. The largest absolute Gasteiger partial charge is 0.439 e. The maximum atomic E-state index is 12.3. The number of benzene rings is 2. The Kier molecular flexibility index (Phi) is 6.19. The van der Waals surface area contributed by atoms with Crippen molar-refractivity contribution in [2.75, 3.05) is 10.6 Å². The summed E-state index contributed by atoms with van der Waals surface area (Å²) in [6.07, 6.45) is 1.62. The number of nitrogens with one attached hydrogen (secondary N) is 2. The van der Waals surface area contributed by atoms with Crippen LogP contribution in [0.25, 0.3) is 0 Å². The molecule has 2 amide bonds. The van der Waals surface area contributed by atoms with Crippen LogP contribution in [0.15, 0.2) is 54.9 Å². The lowest BCUT2D eigenvalue weighted by atomic mass is 10.0. The molecule has 0 radical (unpaired) electrons. The Hall–Kier alpha value is -3.74. The fourth-order valence-electron chi connectivity index (χ4n) is 2.79. The predicted octanol–water partition coefficient (Wildman–Crippen LogP) is 4.03. The lowest BCUT2D eigenvalue weighted by molar-refractivity contribution is -0.116. The number of carbonyl (C=O) groups is 2. The van der Waals surface area contributed by atoms with Crippen LogP contribution in [-0.4, -0.2) is 21.8 Å². The molecule has 7 nitrogen and oxygen atoms in total. The molecule has 0 saturated carbocycles. The van der Waals surface area contributed by atoms with E-state index < -0.39 is 0 Å². The van der Waals surface area contributed by atoms with E-state index in [0.717, 1.165) is 11.1 Å². The van der Waals surface area contributed by atoms with Gasteiger partial charge in [-0.25, -0.2) is 9.97 Å². The third-order valence-corrected chi connectivity index (χ3v) is 4.16. The van der Waals surface area contributed by atoms with Gasteiger partial charge < -0.3 is 15.4 Å². The maximum Gasteiger partial charge on any atom is 0.228 e. The number of nitrogens with zero attached hydrogens (tertiary/aromatic N) is 2. The Morgan fingerprint density at radius 3 is 2.41 bits per heavy atom. The molecule has 2 N–H and O–H groups in total. The second kappa shape index (κ2) is 8.97. The first-order valence-corrected chi connectivity index (χ1v) is 9.12. The summed E-state index contributed by atoms with van der Waals surface area (Å²) < 4.78 is 5.67. The second-order valence-electron chi connectivity index (χ2n) is 6.70. The highest BCUT2D eigenvalue weighted by atomic mass is 16.5. The highest BCUT2D eigenvalue weighted by Crippen LogP contribution is 2.23. The molecule has 29 heavy (non-hydrogen) atoms. The van der Waals surface area contributed by atoms with E-state index >= 15 is 0 Å². The molecule has 3 aromatic rings. The molecular weight excluding hydrogens is 368 g/mol. The quantitative estimate of drug-likeness (QED) is 0.663. The maximum absolute atomic E-state index is 12.3. The average molecular weight is 390 g/mol. The van der Waals surface area contributed by atoms with E-state index in [2.05, 4.69) is 26.7 Å². The monoisotopic (exact) mass is 390 g/mol. The highest BCUT2D eigenvalue weighted by molar-refractivity contribution is 5.92. The number of hydrogen-bond acceptors (Lipinski definition) is 5. The third-order valence-electron chi connectivity index (χ3n) is 4.16. The van der Waals surface area contributed by atoms with Crippen LogP contribution in [0.4, 0.5) is 11.5 Å². The zero-order valence-corrected chi connectivity index (χ0v) is 16.5. The van der Waals surface area contributed by atoms with Gasteiger partial charge in [-0.15, -0.1) is 0 Å². The molecule has 7 heteroatoms. The van der Waals surface area contributed by atoms with Crippen molar-refractivity contribution in [3.05, 3.63) is 71.5 Å². The summed E-state index contributed by atoms with van der Waals surface area (Å²) in [5, 5.41) is 5.46. The molecule has 0 spiro atoms. The molecule has 0 fully saturated rings. The van der Waals surface area contributed by atoms with Crippen molar-refractivity contribution in [2.45, 2.75) is 27.2 Å². The fraction of sp³-hybridized carbons (Fsp3) is 0.182. The minimum atomic E-state index is -0.226. The summed E-state index contributed by atoms with van der Waals surface area (Å²) in [5.41, 5.74) is 3.96.